The predicted octanol–water partition coefficient (Wildman–Crippen LogP) is 2.65. The Labute approximate surface area is 108 Å². The van der Waals surface area contributed by atoms with Crippen molar-refractivity contribution in [1.82, 2.24) is 10.3 Å². The number of rotatable bonds is 5. The van der Waals surface area contributed by atoms with Crippen molar-refractivity contribution >= 4 is 35.9 Å². The van der Waals surface area contributed by atoms with Gasteiger partial charge in [-0.2, -0.15) is 12.6 Å². The molecular weight excluding hydrogens is 240 g/mol. The molecule has 0 aliphatic carbocycles. The maximum atomic E-state index is 4.16. The van der Waals surface area contributed by atoms with Crippen LogP contribution in [0.1, 0.15) is 5.56 Å². The Bertz CT molecular complexity index is 428. The van der Waals surface area contributed by atoms with E-state index in [1.54, 1.807) is 0 Å². The van der Waals surface area contributed by atoms with E-state index in [0.717, 1.165) is 25.3 Å². The molecule has 0 radical (unpaired) electrons. The van der Waals surface area contributed by atoms with Crippen LogP contribution < -0.4 is 5.32 Å². The first-order valence-electron chi connectivity index (χ1n) is 5.28. The van der Waals surface area contributed by atoms with Crippen LogP contribution in [-0.2, 0) is 6.42 Å². The van der Waals surface area contributed by atoms with Crippen LogP contribution in [0.4, 0.5) is 0 Å². The van der Waals surface area contributed by atoms with E-state index in [9.17, 15) is 0 Å². The van der Waals surface area contributed by atoms with Crippen molar-refractivity contribution in [2.75, 3.05) is 18.8 Å². The Balaban J connectivity index is 0.00000128. The van der Waals surface area contributed by atoms with E-state index in [1.165, 1.54) is 16.5 Å². The number of H-pyrrole nitrogens is 1. The van der Waals surface area contributed by atoms with Crippen LogP contribution in [-0.4, -0.2) is 23.8 Å². The van der Waals surface area contributed by atoms with Gasteiger partial charge in [0.25, 0.3) is 0 Å². The van der Waals surface area contributed by atoms with E-state index in [2.05, 4.69) is 53.4 Å². The Morgan fingerprint density at radius 1 is 1.19 bits per heavy atom. The molecule has 2 aromatic rings. The molecule has 0 aliphatic rings. The van der Waals surface area contributed by atoms with Crippen LogP contribution in [0.5, 0.6) is 0 Å². The van der Waals surface area contributed by atoms with Gasteiger partial charge in [0.1, 0.15) is 0 Å². The highest BCUT2D eigenvalue weighted by molar-refractivity contribution is 7.80. The maximum absolute atomic E-state index is 4.16. The zero-order valence-corrected chi connectivity index (χ0v) is 10.8. The number of hydrogen-bond donors (Lipinski definition) is 3. The number of thiol groups is 1. The minimum atomic E-state index is 0. The molecule has 0 amide bonds. The molecule has 0 unspecified atom stereocenters. The fourth-order valence-electron chi connectivity index (χ4n) is 1.77. The minimum absolute atomic E-state index is 0. The largest absolute Gasteiger partial charge is 0.361 e. The molecule has 2 N–H and O–H groups in total. The molecule has 2 nitrogen and oxygen atoms in total. The summed E-state index contributed by atoms with van der Waals surface area (Å²) in [6.45, 7) is 1.99. The van der Waals surface area contributed by atoms with Crippen molar-refractivity contribution in [2.45, 2.75) is 6.42 Å². The van der Waals surface area contributed by atoms with Gasteiger partial charge in [0.05, 0.1) is 0 Å². The highest BCUT2D eigenvalue weighted by atomic mass is 35.5. The van der Waals surface area contributed by atoms with Gasteiger partial charge in [-0.3, -0.25) is 0 Å². The molecule has 0 spiro atoms. The SMILES string of the molecule is Cl.SCCNCCc1c[nH]c2ccccc12. The fourth-order valence-corrected chi connectivity index (χ4v) is 1.92. The monoisotopic (exact) mass is 256 g/mol. The number of hydrogen-bond acceptors (Lipinski definition) is 2. The van der Waals surface area contributed by atoms with E-state index in [-0.39, 0.29) is 12.4 Å². The molecule has 0 fully saturated rings. The quantitative estimate of drug-likeness (QED) is 0.557. The van der Waals surface area contributed by atoms with E-state index >= 15 is 0 Å². The summed E-state index contributed by atoms with van der Waals surface area (Å²) in [4.78, 5) is 3.29. The third-order valence-electron chi connectivity index (χ3n) is 2.53. The van der Waals surface area contributed by atoms with Gasteiger partial charge in [-0.05, 0) is 24.6 Å². The number of para-hydroxylation sites is 1. The highest BCUT2D eigenvalue weighted by Gasteiger charge is 2.01. The van der Waals surface area contributed by atoms with Crippen molar-refractivity contribution in [2.24, 2.45) is 0 Å². The molecule has 0 saturated heterocycles. The van der Waals surface area contributed by atoms with E-state index in [4.69, 9.17) is 0 Å². The average Bonchev–Trinajstić information content (AvgIpc) is 2.68. The zero-order valence-electron chi connectivity index (χ0n) is 9.07. The summed E-state index contributed by atoms with van der Waals surface area (Å²) in [5.41, 5.74) is 2.61. The van der Waals surface area contributed by atoms with Crippen molar-refractivity contribution in [3.63, 3.8) is 0 Å². The van der Waals surface area contributed by atoms with Crippen molar-refractivity contribution < 1.29 is 0 Å². The van der Waals surface area contributed by atoms with Gasteiger partial charge in [-0.1, -0.05) is 18.2 Å². The van der Waals surface area contributed by atoms with Crippen molar-refractivity contribution in [1.29, 1.82) is 0 Å². The van der Waals surface area contributed by atoms with Gasteiger partial charge >= 0.3 is 0 Å². The molecule has 16 heavy (non-hydrogen) atoms. The number of halogens is 1. The van der Waals surface area contributed by atoms with Crippen LogP contribution in [0.15, 0.2) is 30.5 Å². The van der Waals surface area contributed by atoms with Gasteiger partial charge in [0.15, 0.2) is 0 Å². The number of aromatic nitrogens is 1. The van der Waals surface area contributed by atoms with E-state index in [1.807, 2.05) is 0 Å². The molecule has 88 valence electrons. The molecule has 1 aromatic carbocycles. The summed E-state index contributed by atoms with van der Waals surface area (Å²) in [5, 5.41) is 4.69. The normalized spacial score (nSPS) is 10.3. The Kier molecular flexibility index (Phi) is 5.74. The van der Waals surface area contributed by atoms with Crippen LogP contribution in [0, 0.1) is 0 Å². The smallest absolute Gasteiger partial charge is 0.0456 e. The number of nitrogens with one attached hydrogen (secondary N) is 2. The van der Waals surface area contributed by atoms with Crippen LogP contribution in [0.25, 0.3) is 10.9 Å². The maximum Gasteiger partial charge on any atom is 0.0456 e. The van der Waals surface area contributed by atoms with Crippen molar-refractivity contribution in [3.05, 3.63) is 36.0 Å². The lowest BCUT2D eigenvalue weighted by molar-refractivity contribution is 0.724. The lowest BCUT2D eigenvalue weighted by atomic mass is 10.1. The Morgan fingerprint density at radius 2 is 2.00 bits per heavy atom. The molecule has 0 bridgehead atoms. The molecule has 1 aromatic heterocycles. The summed E-state index contributed by atoms with van der Waals surface area (Å²) in [6.07, 6.45) is 3.17. The third kappa shape index (κ3) is 3.17. The molecule has 2 rings (SSSR count). The Hall–Kier alpha value is -0.640. The fraction of sp³-hybridized carbons (Fsp3) is 0.333. The summed E-state index contributed by atoms with van der Waals surface area (Å²) in [6, 6.07) is 8.42. The number of benzene rings is 1. The van der Waals surface area contributed by atoms with Gasteiger partial charge < -0.3 is 10.3 Å². The zero-order chi connectivity index (χ0) is 10.5. The summed E-state index contributed by atoms with van der Waals surface area (Å²) in [7, 11) is 0. The summed E-state index contributed by atoms with van der Waals surface area (Å²) >= 11 is 4.16. The van der Waals surface area contributed by atoms with Gasteiger partial charge in [0.2, 0.25) is 0 Å². The lowest BCUT2D eigenvalue weighted by Gasteiger charge is -2.01. The molecule has 0 atom stereocenters. The molecule has 0 aliphatic heterocycles. The first-order chi connectivity index (χ1) is 7.42. The van der Waals surface area contributed by atoms with E-state index < -0.39 is 0 Å². The third-order valence-corrected chi connectivity index (χ3v) is 2.76. The minimum Gasteiger partial charge on any atom is -0.361 e. The van der Waals surface area contributed by atoms with Crippen LogP contribution in [0.2, 0.25) is 0 Å². The van der Waals surface area contributed by atoms with Gasteiger partial charge in [0, 0.05) is 29.4 Å². The second-order valence-electron chi connectivity index (χ2n) is 3.58. The second-order valence-corrected chi connectivity index (χ2v) is 4.03. The molecule has 0 saturated carbocycles. The summed E-state index contributed by atoms with van der Waals surface area (Å²) in [5.74, 6) is 0.897. The van der Waals surface area contributed by atoms with Gasteiger partial charge in [-0.15, -0.1) is 12.4 Å². The molecular formula is C12H17ClN2S. The predicted molar refractivity (Wildman–Crippen MR) is 76.0 cm³/mol. The standard InChI is InChI=1S/C12H16N2S.ClH/c15-8-7-13-6-5-10-9-14-12-4-2-1-3-11(10)12;/h1-4,9,13-15H,5-8H2;1H. The first-order valence-corrected chi connectivity index (χ1v) is 5.91. The van der Waals surface area contributed by atoms with Gasteiger partial charge in [-0.25, -0.2) is 0 Å². The number of aromatic amines is 1. The van der Waals surface area contributed by atoms with Crippen LogP contribution in [0.3, 0.4) is 0 Å². The number of fused-ring (bicyclic) bond motifs is 1. The second kappa shape index (κ2) is 6.84. The lowest BCUT2D eigenvalue weighted by Crippen LogP contribution is -2.19. The molecule has 1 heterocycles. The highest BCUT2D eigenvalue weighted by Crippen LogP contribution is 2.17. The first kappa shape index (κ1) is 13.4. The Morgan fingerprint density at radius 3 is 2.81 bits per heavy atom. The van der Waals surface area contributed by atoms with Crippen LogP contribution >= 0.6 is 25.0 Å². The molecule has 4 heteroatoms. The average molecular weight is 257 g/mol. The van der Waals surface area contributed by atoms with Crippen molar-refractivity contribution in [3.8, 4) is 0 Å². The van der Waals surface area contributed by atoms with E-state index in [0.29, 0.717) is 0 Å². The topological polar surface area (TPSA) is 27.8 Å². The summed E-state index contributed by atoms with van der Waals surface area (Å²) < 4.78 is 0.